The Morgan fingerprint density at radius 2 is 1.70 bits per heavy atom. The number of methoxy groups -OCH3 is 2. The highest BCUT2D eigenvalue weighted by Gasteiger charge is 2.41. The van der Waals surface area contributed by atoms with E-state index in [1.165, 1.54) is 12.3 Å². The molecular weight excluding hydrogens is 306 g/mol. The fourth-order valence-electron chi connectivity index (χ4n) is 1.84. The minimum atomic E-state index is -1.43. The van der Waals surface area contributed by atoms with Gasteiger partial charge in [0.15, 0.2) is 5.92 Å². The third kappa shape index (κ3) is 5.32. The van der Waals surface area contributed by atoms with Crippen molar-refractivity contribution < 1.29 is 33.0 Å². The Balaban J connectivity index is 3.11. The largest absolute Gasteiger partial charge is 0.468 e. The molecule has 0 aliphatic heterocycles. The second-order valence-corrected chi connectivity index (χ2v) is 5.66. The van der Waals surface area contributed by atoms with Gasteiger partial charge in [-0.1, -0.05) is 0 Å². The first-order valence-corrected chi connectivity index (χ1v) is 6.88. The molecule has 0 aliphatic rings. The van der Waals surface area contributed by atoms with E-state index < -0.39 is 35.6 Å². The van der Waals surface area contributed by atoms with Crippen molar-refractivity contribution in [3.63, 3.8) is 0 Å². The summed E-state index contributed by atoms with van der Waals surface area (Å²) in [6, 6.07) is 1.95. The number of nitrogens with one attached hydrogen (secondary N) is 1. The monoisotopic (exact) mass is 327 g/mol. The van der Waals surface area contributed by atoms with Crippen LogP contribution in [0.25, 0.3) is 0 Å². The number of esters is 2. The molecule has 1 amide bonds. The van der Waals surface area contributed by atoms with E-state index in [2.05, 4.69) is 14.8 Å². The van der Waals surface area contributed by atoms with Crippen LogP contribution in [0.1, 0.15) is 32.6 Å². The van der Waals surface area contributed by atoms with Crippen LogP contribution in [0.3, 0.4) is 0 Å². The first-order valence-electron chi connectivity index (χ1n) is 6.88. The van der Waals surface area contributed by atoms with Gasteiger partial charge < -0.3 is 23.9 Å². The predicted octanol–water partition coefficient (Wildman–Crippen LogP) is 1.81. The number of amides is 1. The van der Waals surface area contributed by atoms with Gasteiger partial charge in [-0.05, 0) is 32.9 Å². The van der Waals surface area contributed by atoms with Crippen LogP contribution in [0.5, 0.6) is 0 Å². The number of hydrogen-bond acceptors (Lipinski definition) is 7. The van der Waals surface area contributed by atoms with Gasteiger partial charge in [-0.3, -0.25) is 9.59 Å². The molecule has 0 saturated carbocycles. The minimum Gasteiger partial charge on any atom is -0.468 e. The fraction of sp³-hybridized carbons (Fsp3) is 0.533. The smallest absolute Gasteiger partial charge is 0.408 e. The lowest BCUT2D eigenvalue weighted by atomic mass is 9.97. The molecule has 1 N–H and O–H groups in total. The summed E-state index contributed by atoms with van der Waals surface area (Å²) in [7, 11) is 2.26. The molecule has 0 aromatic carbocycles. The third-order valence-electron chi connectivity index (χ3n) is 2.77. The molecule has 0 radical (unpaired) electrons. The zero-order valence-electron chi connectivity index (χ0n) is 13.7. The molecule has 8 nitrogen and oxygen atoms in total. The summed E-state index contributed by atoms with van der Waals surface area (Å²) >= 11 is 0. The first-order chi connectivity index (χ1) is 10.7. The summed E-state index contributed by atoms with van der Waals surface area (Å²) in [5, 5.41) is 2.45. The van der Waals surface area contributed by atoms with Crippen molar-refractivity contribution in [1.29, 1.82) is 0 Å². The van der Waals surface area contributed by atoms with Crippen LogP contribution < -0.4 is 5.32 Å². The summed E-state index contributed by atoms with van der Waals surface area (Å²) in [4.78, 5) is 35.9. The summed E-state index contributed by atoms with van der Waals surface area (Å²) in [5.74, 6) is -2.97. The lowest BCUT2D eigenvalue weighted by molar-refractivity contribution is -0.160. The van der Waals surface area contributed by atoms with Gasteiger partial charge in [0.25, 0.3) is 0 Å². The molecule has 1 rings (SSSR count). The van der Waals surface area contributed by atoms with Crippen molar-refractivity contribution in [2.45, 2.75) is 32.4 Å². The standard InChI is InChI=1S/C15H21NO7/c1-15(2,3)23-14(19)16-11(9-7-6-8-22-9)10(12(17)20-4)13(18)21-5/h6-8,10-11H,1-5H3,(H,16,19)/t11-/m1/s1. The third-order valence-corrected chi connectivity index (χ3v) is 2.77. The molecular formula is C15H21NO7. The average molecular weight is 327 g/mol. The van der Waals surface area contributed by atoms with E-state index >= 15 is 0 Å². The molecule has 0 spiro atoms. The van der Waals surface area contributed by atoms with Crippen molar-refractivity contribution in [1.82, 2.24) is 5.32 Å². The maximum atomic E-state index is 12.0. The van der Waals surface area contributed by atoms with Gasteiger partial charge in [0, 0.05) is 0 Å². The van der Waals surface area contributed by atoms with Crippen LogP contribution in [0.4, 0.5) is 4.79 Å². The Labute approximate surface area is 134 Å². The maximum Gasteiger partial charge on any atom is 0.408 e. The molecule has 0 fully saturated rings. The summed E-state index contributed by atoms with van der Waals surface area (Å²) < 4.78 is 19.6. The van der Waals surface area contributed by atoms with Crippen molar-refractivity contribution in [2.75, 3.05) is 14.2 Å². The number of carbonyl (C=O) groups excluding carboxylic acids is 3. The number of hydrogen-bond donors (Lipinski definition) is 1. The highest BCUT2D eigenvalue weighted by molar-refractivity contribution is 5.96. The second-order valence-electron chi connectivity index (χ2n) is 5.66. The van der Waals surface area contributed by atoms with Crippen LogP contribution in [0.15, 0.2) is 22.8 Å². The molecule has 0 bridgehead atoms. The van der Waals surface area contributed by atoms with Gasteiger partial charge in [-0.15, -0.1) is 0 Å². The zero-order chi connectivity index (χ0) is 17.6. The van der Waals surface area contributed by atoms with Gasteiger partial charge in [-0.25, -0.2) is 4.79 Å². The van der Waals surface area contributed by atoms with Crippen molar-refractivity contribution in [2.24, 2.45) is 5.92 Å². The van der Waals surface area contributed by atoms with Crippen molar-refractivity contribution >= 4 is 18.0 Å². The van der Waals surface area contributed by atoms with Gasteiger partial charge in [0.2, 0.25) is 0 Å². The zero-order valence-corrected chi connectivity index (χ0v) is 13.7. The number of carbonyl (C=O) groups is 3. The molecule has 1 aromatic heterocycles. The molecule has 0 saturated heterocycles. The van der Waals surface area contributed by atoms with Crippen LogP contribution in [0, 0.1) is 5.92 Å². The topological polar surface area (TPSA) is 104 Å². The predicted molar refractivity (Wildman–Crippen MR) is 78.3 cm³/mol. The van der Waals surface area contributed by atoms with E-state index in [-0.39, 0.29) is 5.76 Å². The second kappa shape index (κ2) is 7.66. The molecule has 1 heterocycles. The van der Waals surface area contributed by atoms with Gasteiger partial charge in [0.05, 0.1) is 20.5 Å². The van der Waals surface area contributed by atoms with E-state index in [4.69, 9.17) is 9.15 Å². The molecule has 1 atom stereocenters. The van der Waals surface area contributed by atoms with E-state index in [1.54, 1.807) is 26.8 Å². The number of alkyl carbamates (subject to hydrolysis) is 1. The van der Waals surface area contributed by atoms with Crippen molar-refractivity contribution in [3.05, 3.63) is 24.2 Å². The van der Waals surface area contributed by atoms with Gasteiger partial charge in [-0.2, -0.15) is 0 Å². The van der Waals surface area contributed by atoms with E-state index in [1.807, 2.05) is 0 Å². The first kappa shape index (κ1) is 18.5. The molecule has 0 aliphatic carbocycles. The number of rotatable bonds is 5. The molecule has 0 unspecified atom stereocenters. The summed E-state index contributed by atoms with van der Waals surface area (Å²) in [6.07, 6.45) is 0.543. The molecule has 23 heavy (non-hydrogen) atoms. The molecule has 8 heteroatoms. The maximum absolute atomic E-state index is 12.0. The van der Waals surface area contributed by atoms with Gasteiger partial charge in [0.1, 0.15) is 17.4 Å². The molecule has 128 valence electrons. The lowest BCUT2D eigenvalue weighted by Crippen LogP contribution is -2.43. The van der Waals surface area contributed by atoms with Crippen LogP contribution in [0.2, 0.25) is 0 Å². The van der Waals surface area contributed by atoms with Crippen LogP contribution in [-0.2, 0) is 23.8 Å². The van der Waals surface area contributed by atoms with Crippen LogP contribution >= 0.6 is 0 Å². The number of furan rings is 1. The fourth-order valence-corrected chi connectivity index (χ4v) is 1.84. The lowest BCUT2D eigenvalue weighted by Gasteiger charge is -2.25. The van der Waals surface area contributed by atoms with E-state index in [9.17, 15) is 14.4 Å². The summed E-state index contributed by atoms with van der Waals surface area (Å²) in [6.45, 7) is 5.06. The van der Waals surface area contributed by atoms with Crippen molar-refractivity contribution in [3.8, 4) is 0 Å². The van der Waals surface area contributed by atoms with Crippen LogP contribution in [-0.4, -0.2) is 37.9 Å². The minimum absolute atomic E-state index is 0.191. The Hall–Kier alpha value is -2.51. The molecule has 1 aromatic rings. The van der Waals surface area contributed by atoms with E-state index in [0.717, 1.165) is 14.2 Å². The average Bonchev–Trinajstić information content (AvgIpc) is 2.97. The van der Waals surface area contributed by atoms with Gasteiger partial charge >= 0.3 is 18.0 Å². The Kier molecular flexibility index (Phi) is 6.18. The Morgan fingerprint density at radius 3 is 2.09 bits per heavy atom. The highest BCUT2D eigenvalue weighted by atomic mass is 16.6. The number of ether oxygens (including phenoxy) is 3. The quantitative estimate of drug-likeness (QED) is 0.499. The normalized spacial score (nSPS) is 12.4. The Bertz CT molecular complexity index is 529. The Morgan fingerprint density at radius 1 is 1.13 bits per heavy atom. The van der Waals surface area contributed by atoms with E-state index in [0.29, 0.717) is 0 Å². The summed E-state index contributed by atoms with van der Waals surface area (Å²) in [5.41, 5.74) is -0.746. The highest BCUT2D eigenvalue weighted by Crippen LogP contribution is 2.26. The SMILES string of the molecule is COC(=O)C(C(=O)OC)[C@H](NC(=O)OC(C)(C)C)c1ccco1.